The van der Waals surface area contributed by atoms with Gasteiger partial charge >= 0.3 is 0 Å². The number of nitrogens with one attached hydrogen (secondary N) is 1. The first-order chi connectivity index (χ1) is 8.13. The van der Waals surface area contributed by atoms with Gasteiger partial charge in [0, 0.05) is 19.7 Å². The third-order valence-electron chi connectivity index (χ3n) is 3.30. The van der Waals surface area contributed by atoms with Gasteiger partial charge in [0.1, 0.15) is 5.69 Å². The van der Waals surface area contributed by atoms with E-state index in [0.717, 1.165) is 12.8 Å². The number of H-pyrrole nitrogens is 1. The van der Waals surface area contributed by atoms with Crippen molar-refractivity contribution < 1.29 is 9.53 Å². The number of nitrogens with two attached hydrogens (primary N) is 1. The number of hydrogen-bond donors (Lipinski definition) is 2. The van der Waals surface area contributed by atoms with Gasteiger partial charge < -0.3 is 15.4 Å². The molecule has 3 N–H and O–H groups in total. The lowest BCUT2D eigenvalue weighted by Crippen LogP contribution is -2.46. The molecule has 94 valence electrons. The third-order valence-corrected chi connectivity index (χ3v) is 3.30. The van der Waals surface area contributed by atoms with Gasteiger partial charge in [-0.25, -0.2) is 0 Å². The Balaban J connectivity index is 2.09. The number of ether oxygens (including phenoxy) is 1. The molecule has 0 saturated carbocycles. The molecular formula is C11H18N4O2. The van der Waals surface area contributed by atoms with Crippen LogP contribution in [0.1, 0.15) is 30.3 Å². The summed E-state index contributed by atoms with van der Waals surface area (Å²) < 4.78 is 5.32. The highest BCUT2D eigenvalue weighted by molar-refractivity contribution is 5.97. The number of methoxy groups -OCH3 is 1. The topological polar surface area (TPSA) is 84.2 Å². The fraction of sp³-hybridized carbons (Fsp3) is 0.636. The van der Waals surface area contributed by atoms with Crippen molar-refractivity contribution in [2.45, 2.75) is 31.9 Å². The smallest absolute Gasteiger partial charge is 0.274 e. The Kier molecular flexibility index (Phi) is 3.33. The van der Waals surface area contributed by atoms with Crippen molar-refractivity contribution in [2.75, 3.05) is 19.4 Å². The SMILES string of the molecule is COC1CCN(C(=O)c2[nH]ncc2N)C(C)C1. The van der Waals surface area contributed by atoms with Crippen LogP contribution >= 0.6 is 0 Å². The molecule has 6 nitrogen and oxygen atoms in total. The molecule has 1 aromatic heterocycles. The van der Waals surface area contributed by atoms with E-state index in [0.29, 0.717) is 17.9 Å². The molecule has 2 heterocycles. The molecule has 1 aliphatic rings. The molecular weight excluding hydrogens is 220 g/mol. The van der Waals surface area contributed by atoms with Crippen molar-refractivity contribution in [3.63, 3.8) is 0 Å². The molecule has 1 aliphatic heterocycles. The zero-order valence-corrected chi connectivity index (χ0v) is 10.1. The number of nitrogen functional groups attached to an aromatic ring is 1. The van der Waals surface area contributed by atoms with E-state index in [9.17, 15) is 4.79 Å². The van der Waals surface area contributed by atoms with Gasteiger partial charge in [-0.05, 0) is 19.8 Å². The number of anilines is 1. The average molecular weight is 238 g/mol. The second-order valence-electron chi connectivity index (χ2n) is 4.43. The first-order valence-electron chi connectivity index (χ1n) is 5.76. The largest absolute Gasteiger partial charge is 0.396 e. The van der Waals surface area contributed by atoms with Crippen LogP contribution in [0.4, 0.5) is 5.69 Å². The van der Waals surface area contributed by atoms with Crippen LogP contribution in [0.5, 0.6) is 0 Å². The summed E-state index contributed by atoms with van der Waals surface area (Å²) in [6, 6.07) is 0.156. The van der Waals surface area contributed by atoms with Crippen molar-refractivity contribution in [3.05, 3.63) is 11.9 Å². The lowest BCUT2D eigenvalue weighted by molar-refractivity contribution is 0.0157. The summed E-state index contributed by atoms with van der Waals surface area (Å²) in [5.74, 6) is -0.0814. The Bertz CT molecular complexity index is 404. The Morgan fingerprint density at radius 2 is 2.47 bits per heavy atom. The van der Waals surface area contributed by atoms with E-state index < -0.39 is 0 Å². The van der Waals surface area contributed by atoms with Crippen LogP contribution in [0.3, 0.4) is 0 Å². The molecule has 1 amide bonds. The molecule has 0 aromatic carbocycles. The second kappa shape index (κ2) is 4.75. The van der Waals surface area contributed by atoms with E-state index in [2.05, 4.69) is 10.2 Å². The standard InChI is InChI=1S/C11H18N4O2/c1-7-5-8(17-2)3-4-15(7)11(16)10-9(12)6-13-14-10/h6-8H,3-5,12H2,1-2H3,(H,13,14). The minimum absolute atomic E-state index is 0.0814. The molecule has 2 unspecified atom stereocenters. The minimum Gasteiger partial charge on any atom is -0.396 e. The maximum Gasteiger partial charge on any atom is 0.274 e. The number of amides is 1. The van der Waals surface area contributed by atoms with Gasteiger partial charge in [0.15, 0.2) is 0 Å². The summed E-state index contributed by atoms with van der Waals surface area (Å²) >= 11 is 0. The number of likely N-dealkylation sites (tertiary alicyclic amines) is 1. The second-order valence-corrected chi connectivity index (χ2v) is 4.43. The molecule has 0 aliphatic carbocycles. The van der Waals surface area contributed by atoms with Crippen LogP contribution in [-0.2, 0) is 4.74 Å². The first kappa shape index (κ1) is 11.9. The van der Waals surface area contributed by atoms with Crippen LogP contribution in [0.25, 0.3) is 0 Å². The summed E-state index contributed by atoms with van der Waals surface area (Å²) in [6.45, 7) is 2.71. The average Bonchev–Trinajstić information content (AvgIpc) is 2.74. The number of carbonyl (C=O) groups excluding carboxylic acids is 1. The van der Waals surface area contributed by atoms with Crippen molar-refractivity contribution in [3.8, 4) is 0 Å². The van der Waals surface area contributed by atoms with Crippen LogP contribution in [0.2, 0.25) is 0 Å². The monoisotopic (exact) mass is 238 g/mol. The Morgan fingerprint density at radius 3 is 3.00 bits per heavy atom. The van der Waals surface area contributed by atoms with Gasteiger partial charge in [-0.1, -0.05) is 0 Å². The van der Waals surface area contributed by atoms with Gasteiger partial charge in [0.25, 0.3) is 5.91 Å². The van der Waals surface area contributed by atoms with Crippen LogP contribution in [0, 0.1) is 0 Å². The lowest BCUT2D eigenvalue weighted by Gasteiger charge is -2.36. The summed E-state index contributed by atoms with van der Waals surface area (Å²) in [7, 11) is 1.71. The van der Waals surface area contributed by atoms with E-state index in [1.54, 1.807) is 7.11 Å². The van der Waals surface area contributed by atoms with Gasteiger partial charge in [0.2, 0.25) is 0 Å². The maximum absolute atomic E-state index is 12.2. The summed E-state index contributed by atoms with van der Waals surface area (Å²) in [4.78, 5) is 14.0. The molecule has 2 rings (SSSR count). The highest BCUT2D eigenvalue weighted by Gasteiger charge is 2.30. The zero-order chi connectivity index (χ0) is 12.4. The molecule has 1 fully saturated rings. The number of aromatic nitrogens is 2. The van der Waals surface area contributed by atoms with Gasteiger partial charge in [-0.3, -0.25) is 9.89 Å². The van der Waals surface area contributed by atoms with Gasteiger partial charge in [-0.2, -0.15) is 5.10 Å². The van der Waals surface area contributed by atoms with Crippen molar-refractivity contribution in [1.82, 2.24) is 15.1 Å². The number of aromatic amines is 1. The Hall–Kier alpha value is -1.56. The highest BCUT2D eigenvalue weighted by atomic mass is 16.5. The molecule has 1 saturated heterocycles. The third kappa shape index (κ3) is 2.26. The van der Waals surface area contributed by atoms with Crippen molar-refractivity contribution >= 4 is 11.6 Å². The number of carbonyl (C=O) groups is 1. The quantitative estimate of drug-likeness (QED) is 0.791. The van der Waals surface area contributed by atoms with E-state index in [-0.39, 0.29) is 18.1 Å². The molecule has 0 bridgehead atoms. The molecule has 6 heteroatoms. The first-order valence-corrected chi connectivity index (χ1v) is 5.76. The molecule has 0 spiro atoms. The van der Waals surface area contributed by atoms with Crippen LogP contribution in [-0.4, -0.2) is 46.8 Å². The number of rotatable bonds is 2. The van der Waals surface area contributed by atoms with E-state index >= 15 is 0 Å². The number of piperidine rings is 1. The molecule has 1 aromatic rings. The van der Waals surface area contributed by atoms with E-state index in [4.69, 9.17) is 10.5 Å². The zero-order valence-electron chi connectivity index (χ0n) is 10.1. The lowest BCUT2D eigenvalue weighted by atomic mass is 10.00. The normalized spacial score (nSPS) is 24.9. The summed E-state index contributed by atoms with van der Waals surface area (Å²) in [5.41, 5.74) is 6.46. The fourth-order valence-corrected chi connectivity index (χ4v) is 2.26. The summed E-state index contributed by atoms with van der Waals surface area (Å²) in [6.07, 6.45) is 3.42. The molecule has 0 radical (unpaired) electrons. The van der Waals surface area contributed by atoms with Crippen molar-refractivity contribution in [2.24, 2.45) is 0 Å². The molecule has 2 atom stereocenters. The van der Waals surface area contributed by atoms with Crippen LogP contribution < -0.4 is 5.73 Å². The summed E-state index contributed by atoms with van der Waals surface area (Å²) in [5, 5.41) is 6.42. The Labute approximate surface area is 100 Å². The Morgan fingerprint density at radius 1 is 1.71 bits per heavy atom. The van der Waals surface area contributed by atoms with E-state index in [1.165, 1.54) is 6.20 Å². The maximum atomic E-state index is 12.2. The minimum atomic E-state index is -0.0814. The highest BCUT2D eigenvalue weighted by Crippen LogP contribution is 2.22. The predicted molar refractivity (Wildman–Crippen MR) is 63.5 cm³/mol. The number of nitrogens with zero attached hydrogens (tertiary/aromatic N) is 2. The van der Waals surface area contributed by atoms with E-state index in [1.807, 2.05) is 11.8 Å². The van der Waals surface area contributed by atoms with Crippen molar-refractivity contribution in [1.29, 1.82) is 0 Å². The van der Waals surface area contributed by atoms with Gasteiger partial charge in [0.05, 0.1) is 18.0 Å². The number of hydrogen-bond acceptors (Lipinski definition) is 4. The van der Waals surface area contributed by atoms with Gasteiger partial charge in [-0.15, -0.1) is 0 Å². The molecule has 17 heavy (non-hydrogen) atoms. The van der Waals surface area contributed by atoms with Crippen LogP contribution in [0.15, 0.2) is 6.20 Å². The predicted octanol–water partition coefficient (Wildman–Crippen LogP) is 0.631. The fourth-order valence-electron chi connectivity index (χ4n) is 2.26.